The van der Waals surface area contributed by atoms with E-state index < -0.39 is 10.1 Å². The maximum Gasteiger partial charge on any atom is 0.264 e. The fourth-order valence-electron chi connectivity index (χ4n) is 1.59. The number of anilines is 1. The van der Waals surface area contributed by atoms with Gasteiger partial charge in [0.05, 0.1) is 12.4 Å². The van der Waals surface area contributed by atoms with E-state index >= 15 is 0 Å². The first-order valence-corrected chi connectivity index (χ1v) is 7.49. The number of nitrogen functional groups attached to an aromatic ring is 1. The predicted octanol–water partition coefficient (Wildman–Crippen LogP) is 1.88. The zero-order valence-electron chi connectivity index (χ0n) is 10.4. The summed E-state index contributed by atoms with van der Waals surface area (Å²) >= 11 is 0. The highest BCUT2D eigenvalue weighted by atomic mass is 32.2. The Kier molecular flexibility index (Phi) is 5.43. The van der Waals surface area contributed by atoms with Gasteiger partial charge in [0, 0.05) is 5.69 Å². The summed E-state index contributed by atoms with van der Waals surface area (Å²) in [6, 6.07) is 5.40. The molecule has 6 heteroatoms. The van der Waals surface area contributed by atoms with Crippen molar-refractivity contribution in [1.29, 1.82) is 0 Å². The van der Waals surface area contributed by atoms with Crippen LogP contribution in [0.3, 0.4) is 0 Å². The van der Waals surface area contributed by atoms with E-state index in [-0.39, 0.29) is 18.8 Å². The van der Waals surface area contributed by atoms with E-state index in [4.69, 9.17) is 15.0 Å². The number of benzene rings is 1. The standard InChI is InChI=1S/C12H19NO4S/c1-2-4-10-9-11(5-6-12(10)13)17-7-3-8-18(14,15)16/h5-6,9H,2-4,7-8,13H2,1H3,(H,14,15,16). The lowest BCUT2D eigenvalue weighted by Crippen LogP contribution is -2.08. The van der Waals surface area contributed by atoms with Crippen LogP contribution in [-0.4, -0.2) is 25.3 Å². The Hall–Kier alpha value is -1.27. The average Bonchev–Trinajstić information content (AvgIpc) is 2.28. The van der Waals surface area contributed by atoms with Gasteiger partial charge in [-0.2, -0.15) is 8.42 Å². The van der Waals surface area contributed by atoms with E-state index in [1.165, 1.54) is 0 Å². The first-order valence-electron chi connectivity index (χ1n) is 5.88. The lowest BCUT2D eigenvalue weighted by molar-refractivity contribution is 0.316. The van der Waals surface area contributed by atoms with Crippen molar-refractivity contribution in [2.75, 3.05) is 18.1 Å². The topological polar surface area (TPSA) is 89.6 Å². The van der Waals surface area contributed by atoms with Gasteiger partial charge in [0.2, 0.25) is 0 Å². The Bertz CT molecular complexity index is 485. The van der Waals surface area contributed by atoms with Crippen molar-refractivity contribution >= 4 is 15.8 Å². The van der Waals surface area contributed by atoms with Gasteiger partial charge in [0.15, 0.2) is 0 Å². The number of ether oxygens (including phenoxy) is 1. The number of hydrogen-bond donors (Lipinski definition) is 2. The van der Waals surface area contributed by atoms with E-state index in [0.717, 1.165) is 24.1 Å². The molecule has 0 aliphatic carbocycles. The molecule has 0 aliphatic heterocycles. The van der Waals surface area contributed by atoms with Crippen molar-refractivity contribution in [2.45, 2.75) is 26.2 Å². The Balaban J connectivity index is 2.50. The predicted molar refractivity (Wildman–Crippen MR) is 71.4 cm³/mol. The van der Waals surface area contributed by atoms with Crippen LogP contribution in [0.2, 0.25) is 0 Å². The normalized spacial score (nSPS) is 11.4. The molecule has 1 rings (SSSR count). The molecule has 0 spiro atoms. The lowest BCUT2D eigenvalue weighted by Gasteiger charge is -2.09. The summed E-state index contributed by atoms with van der Waals surface area (Å²) in [6.07, 6.45) is 2.14. The summed E-state index contributed by atoms with van der Waals surface area (Å²) in [5, 5.41) is 0. The molecule has 5 nitrogen and oxygen atoms in total. The number of hydrogen-bond acceptors (Lipinski definition) is 4. The number of rotatable bonds is 7. The van der Waals surface area contributed by atoms with E-state index in [2.05, 4.69) is 6.92 Å². The van der Waals surface area contributed by atoms with Crippen molar-refractivity contribution < 1.29 is 17.7 Å². The van der Waals surface area contributed by atoms with Crippen LogP contribution in [0.25, 0.3) is 0 Å². The van der Waals surface area contributed by atoms with Crippen LogP contribution in [0, 0.1) is 0 Å². The first kappa shape index (κ1) is 14.8. The molecule has 1 aromatic rings. The van der Waals surface area contributed by atoms with E-state index in [1.54, 1.807) is 12.1 Å². The fourth-order valence-corrected chi connectivity index (χ4v) is 2.07. The maximum absolute atomic E-state index is 10.5. The number of nitrogens with two attached hydrogens (primary N) is 1. The second kappa shape index (κ2) is 6.61. The van der Waals surface area contributed by atoms with Gasteiger partial charge in [-0.25, -0.2) is 0 Å². The maximum atomic E-state index is 10.5. The molecule has 1 aromatic carbocycles. The summed E-state index contributed by atoms with van der Waals surface area (Å²) in [5.41, 5.74) is 7.59. The summed E-state index contributed by atoms with van der Waals surface area (Å²) in [5.74, 6) is 0.382. The Labute approximate surface area is 108 Å². The largest absolute Gasteiger partial charge is 0.494 e. The molecule has 0 bridgehead atoms. The molecule has 0 aromatic heterocycles. The van der Waals surface area contributed by atoms with Crippen LogP contribution in [0.1, 0.15) is 25.3 Å². The summed E-state index contributed by atoms with van der Waals surface area (Å²) in [6.45, 7) is 2.31. The molecule has 102 valence electrons. The van der Waals surface area contributed by atoms with E-state index in [9.17, 15) is 8.42 Å². The molecule has 3 N–H and O–H groups in total. The Morgan fingerprint density at radius 2 is 2.11 bits per heavy atom. The summed E-state index contributed by atoms with van der Waals surface area (Å²) in [7, 11) is -3.90. The highest BCUT2D eigenvalue weighted by molar-refractivity contribution is 7.85. The second-order valence-corrected chi connectivity index (χ2v) is 5.67. The van der Waals surface area contributed by atoms with Crippen LogP contribution >= 0.6 is 0 Å². The third-order valence-electron chi connectivity index (χ3n) is 2.45. The Morgan fingerprint density at radius 3 is 2.72 bits per heavy atom. The minimum Gasteiger partial charge on any atom is -0.494 e. The lowest BCUT2D eigenvalue weighted by atomic mass is 10.1. The SMILES string of the molecule is CCCc1cc(OCCCS(=O)(=O)O)ccc1N. The zero-order chi connectivity index (χ0) is 13.6. The molecular formula is C12H19NO4S. The van der Waals surface area contributed by atoms with Gasteiger partial charge in [-0.15, -0.1) is 0 Å². The number of aryl methyl sites for hydroxylation is 1. The fraction of sp³-hybridized carbons (Fsp3) is 0.500. The van der Waals surface area contributed by atoms with Gasteiger partial charge in [-0.1, -0.05) is 13.3 Å². The van der Waals surface area contributed by atoms with Gasteiger partial charge < -0.3 is 10.5 Å². The molecule has 0 saturated carbocycles. The van der Waals surface area contributed by atoms with Gasteiger partial charge in [0.25, 0.3) is 10.1 Å². The van der Waals surface area contributed by atoms with Crippen molar-refractivity contribution in [3.8, 4) is 5.75 Å². The molecule has 0 aliphatic rings. The quantitative estimate of drug-likeness (QED) is 0.450. The van der Waals surface area contributed by atoms with Crippen molar-refractivity contribution in [3.05, 3.63) is 23.8 Å². The molecule has 18 heavy (non-hydrogen) atoms. The molecule has 0 unspecified atom stereocenters. The molecule has 0 radical (unpaired) electrons. The van der Waals surface area contributed by atoms with E-state index in [0.29, 0.717) is 5.75 Å². The van der Waals surface area contributed by atoms with Gasteiger partial charge in [-0.3, -0.25) is 4.55 Å². The monoisotopic (exact) mass is 273 g/mol. The molecule has 0 fully saturated rings. The van der Waals surface area contributed by atoms with Crippen LogP contribution in [-0.2, 0) is 16.5 Å². The zero-order valence-corrected chi connectivity index (χ0v) is 11.2. The second-order valence-electron chi connectivity index (χ2n) is 4.10. The van der Waals surface area contributed by atoms with Crippen LogP contribution in [0.4, 0.5) is 5.69 Å². The summed E-state index contributed by atoms with van der Waals surface area (Å²) in [4.78, 5) is 0. The molecule has 0 saturated heterocycles. The Morgan fingerprint density at radius 1 is 1.39 bits per heavy atom. The van der Waals surface area contributed by atoms with Gasteiger partial charge in [0.1, 0.15) is 5.75 Å². The summed E-state index contributed by atoms with van der Waals surface area (Å²) < 4.78 is 35.0. The van der Waals surface area contributed by atoms with E-state index in [1.807, 2.05) is 6.07 Å². The van der Waals surface area contributed by atoms with Crippen LogP contribution < -0.4 is 10.5 Å². The first-order chi connectivity index (χ1) is 8.42. The minimum atomic E-state index is -3.90. The van der Waals surface area contributed by atoms with Crippen molar-refractivity contribution in [1.82, 2.24) is 0 Å². The molecule has 0 heterocycles. The molecule has 0 amide bonds. The minimum absolute atomic E-state index is 0.245. The van der Waals surface area contributed by atoms with Crippen LogP contribution in [0.15, 0.2) is 18.2 Å². The van der Waals surface area contributed by atoms with Crippen molar-refractivity contribution in [3.63, 3.8) is 0 Å². The smallest absolute Gasteiger partial charge is 0.264 e. The average molecular weight is 273 g/mol. The van der Waals surface area contributed by atoms with Crippen molar-refractivity contribution in [2.24, 2.45) is 0 Å². The van der Waals surface area contributed by atoms with Gasteiger partial charge >= 0.3 is 0 Å². The molecular weight excluding hydrogens is 254 g/mol. The highest BCUT2D eigenvalue weighted by Gasteiger charge is 2.05. The highest BCUT2D eigenvalue weighted by Crippen LogP contribution is 2.21. The molecule has 0 atom stereocenters. The third kappa shape index (κ3) is 5.37. The van der Waals surface area contributed by atoms with Gasteiger partial charge in [-0.05, 0) is 36.6 Å². The van der Waals surface area contributed by atoms with Crippen LogP contribution in [0.5, 0.6) is 5.75 Å². The third-order valence-corrected chi connectivity index (χ3v) is 3.25.